The Morgan fingerprint density at radius 1 is 0.471 bits per heavy atom. The van der Waals surface area contributed by atoms with Gasteiger partial charge in [0.15, 0.2) is 0 Å². The average Bonchev–Trinajstić information content (AvgIpc) is 3.28. The Morgan fingerprint density at radius 2 is 0.765 bits per heavy atom. The van der Waals surface area contributed by atoms with Gasteiger partial charge in [-0.3, -0.25) is 0 Å². The minimum atomic E-state index is -0.638. The average molecular weight is 491 g/mol. The highest BCUT2D eigenvalue weighted by Crippen LogP contribution is 2.45. The minimum absolute atomic E-state index is 0.638. The van der Waals surface area contributed by atoms with Crippen LogP contribution >= 0.6 is 22.7 Å². The van der Waals surface area contributed by atoms with E-state index in [1.165, 1.54) is 20.9 Å². The highest BCUT2D eigenvalue weighted by molar-refractivity contribution is 7.22. The lowest BCUT2D eigenvalue weighted by Crippen LogP contribution is -2.03. The summed E-state index contributed by atoms with van der Waals surface area (Å²) in [5, 5.41) is 22.6. The Balaban J connectivity index is 1.72. The van der Waals surface area contributed by atoms with Gasteiger partial charge in [0, 0.05) is 19.5 Å². The van der Waals surface area contributed by atoms with Gasteiger partial charge >= 0.3 is 0 Å². The molecule has 2 aromatic heterocycles. The van der Waals surface area contributed by atoms with Crippen molar-refractivity contribution in [3.05, 3.63) is 102 Å². The molecule has 2 aromatic carbocycles. The van der Waals surface area contributed by atoms with Gasteiger partial charge in [0.25, 0.3) is 0 Å². The molecule has 0 fully saturated rings. The number of aliphatic hydroxyl groups is 2. The molecule has 2 heterocycles. The van der Waals surface area contributed by atoms with Crippen molar-refractivity contribution in [2.24, 2.45) is 0 Å². The molecule has 0 saturated carbocycles. The van der Waals surface area contributed by atoms with E-state index in [1.807, 2.05) is 0 Å². The fourth-order valence-corrected chi connectivity index (χ4v) is 7.86. The molecular weight excluding hydrogens is 456 g/mol. The largest absolute Gasteiger partial charge is 0.383 e. The standard InChI is InChI=1S/C30H34O2S2/c1-15-9-17(3)25(18(4)10-15)27(31)23-13-21(7)29(33-23)30-22(8)14-24(34-30)28(32)26-19(5)11-16(2)12-20(26)6/h9-14,27-28,31-32H,1-8H3. The number of aryl methyl sites for hydroxylation is 8. The first-order valence-corrected chi connectivity index (χ1v) is 13.3. The molecule has 0 aliphatic carbocycles. The van der Waals surface area contributed by atoms with Gasteiger partial charge in [-0.25, -0.2) is 0 Å². The molecule has 2 unspecified atom stereocenters. The lowest BCUT2D eigenvalue weighted by Gasteiger charge is -2.16. The van der Waals surface area contributed by atoms with Crippen LogP contribution in [0, 0.1) is 55.4 Å². The van der Waals surface area contributed by atoms with Crippen molar-refractivity contribution >= 4 is 22.7 Å². The van der Waals surface area contributed by atoms with Crippen LogP contribution in [-0.2, 0) is 0 Å². The molecular formula is C30H34O2S2. The first-order valence-electron chi connectivity index (χ1n) is 11.7. The normalized spacial score (nSPS) is 13.4. The van der Waals surface area contributed by atoms with Crippen molar-refractivity contribution in [1.29, 1.82) is 0 Å². The number of benzene rings is 2. The van der Waals surface area contributed by atoms with E-state index in [0.717, 1.165) is 54.3 Å². The first kappa shape index (κ1) is 24.9. The van der Waals surface area contributed by atoms with E-state index in [1.54, 1.807) is 22.7 Å². The van der Waals surface area contributed by atoms with Crippen molar-refractivity contribution in [3.8, 4) is 9.75 Å². The van der Waals surface area contributed by atoms with Crippen LogP contribution < -0.4 is 0 Å². The number of thiophene rings is 2. The summed E-state index contributed by atoms with van der Waals surface area (Å²) >= 11 is 3.32. The van der Waals surface area contributed by atoms with Crippen LogP contribution in [0.1, 0.15) is 77.6 Å². The zero-order chi connectivity index (χ0) is 24.9. The Labute approximate surface area is 211 Å². The summed E-state index contributed by atoms with van der Waals surface area (Å²) in [6.45, 7) is 16.7. The van der Waals surface area contributed by atoms with Gasteiger partial charge in [-0.1, -0.05) is 35.4 Å². The SMILES string of the molecule is Cc1cc(C)c(C(O)c2cc(C)c(-c3sc(C(O)c4c(C)cc(C)cc4C)cc3C)s2)c(C)c1. The van der Waals surface area contributed by atoms with Crippen molar-refractivity contribution in [2.75, 3.05) is 0 Å². The maximum atomic E-state index is 11.3. The van der Waals surface area contributed by atoms with E-state index in [0.29, 0.717) is 0 Å². The molecule has 2 atom stereocenters. The molecule has 4 rings (SSSR count). The third-order valence-electron chi connectivity index (χ3n) is 6.64. The quantitative estimate of drug-likeness (QED) is 0.297. The summed E-state index contributed by atoms with van der Waals surface area (Å²) in [5.41, 5.74) is 11.3. The number of rotatable bonds is 5. The lowest BCUT2D eigenvalue weighted by molar-refractivity contribution is 0.222. The maximum absolute atomic E-state index is 11.3. The predicted octanol–water partition coefficient (Wildman–Crippen LogP) is 8.11. The van der Waals surface area contributed by atoms with E-state index in [4.69, 9.17) is 0 Å². The van der Waals surface area contributed by atoms with Gasteiger partial charge in [0.1, 0.15) is 12.2 Å². The van der Waals surface area contributed by atoms with Crippen LogP contribution in [0.25, 0.3) is 9.75 Å². The minimum Gasteiger partial charge on any atom is -0.383 e. The molecule has 0 bridgehead atoms. The molecule has 178 valence electrons. The van der Waals surface area contributed by atoms with Gasteiger partial charge in [0.05, 0.1) is 0 Å². The monoisotopic (exact) mass is 490 g/mol. The summed E-state index contributed by atoms with van der Waals surface area (Å²) in [6, 6.07) is 12.8. The third kappa shape index (κ3) is 4.52. The first-order chi connectivity index (χ1) is 16.0. The van der Waals surface area contributed by atoms with Gasteiger partial charge in [0.2, 0.25) is 0 Å². The van der Waals surface area contributed by atoms with E-state index in [-0.39, 0.29) is 0 Å². The molecule has 34 heavy (non-hydrogen) atoms. The highest BCUT2D eigenvalue weighted by atomic mass is 32.1. The Kier molecular flexibility index (Phi) is 6.90. The molecule has 0 saturated heterocycles. The molecule has 0 amide bonds. The summed E-state index contributed by atoms with van der Waals surface area (Å²) < 4.78 is 0. The molecule has 0 spiro atoms. The fraction of sp³-hybridized carbons (Fsp3) is 0.333. The van der Waals surface area contributed by atoms with Crippen molar-refractivity contribution in [1.82, 2.24) is 0 Å². The van der Waals surface area contributed by atoms with E-state index in [9.17, 15) is 10.2 Å². The molecule has 2 nitrogen and oxygen atoms in total. The molecule has 2 N–H and O–H groups in total. The van der Waals surface area contributed by atoms with Gasteiger partial charge in [-0.05, 0) is 112 Å². The third-order valence-corrected chi connectivity index (χ3v) is 9.39. The summed E-state index contributed by atoms with van der Waals surface area (Å²) in [7, 11) is 0. The van der Waals surface area contributed by atoms with E-state index >= 15 is 0 Å². The Bertz CT molecular complexity index is 1220. The lowest BCUT2D eigenvalue weighted by atomic mass is 9.94. The summed E-state index contributed by atoms with van der Waals surface area (Å²) in [4.78, 5) is 4.27. The molecule has 4 heteroatoms. The van der Waals surface area contributed by atoms with Crippen LogP contribution in [-0.4, -0.2) is 10.2 Å². The number of hydrogen-bond donors (Lipinski definition) is 2. The van der Waals surface area contributed by atoms with Crippen LogP contribution in [0.2, 0.25) is 0 Å². The van der Waals surface area contributed by atoms with Crippen molar-refractivity contribution < 1.29 is 10.2 Å². The number of aliphatic hydroxyl groups excluding tert-OH is 2. The van der Waals surface area contributed by atoms with Gasteiger partial charge < -0.3 is 10.2 Å². The van der Waals surface area contributed by atoms with E-state index < -0.39 is 12.2 Å². The Hall–Kier alpha value is -2.24. The van der Waals surface area contributed by atoms with Crippen LogP contribution in [0.4, 0.5) is 0 Å². The summed E-state index contributed by atoms with van der Waals surface area (Å²) in [6.07, 6.45) is -1.28. The Morgan fingerprint density at radius 3 is 1.06 bits per heavy atom. The van der Waals surface area contributed by atoms with Gasteiger partial charge in [-0.15, -0.1) is 22.7 Å². The predicted molar refractivity (Wildman–Crippen MR) is 147 cm³/mol. The second-order valence-corrected chi connectivity index (χ2v) is 11.9. The maximum Gasteiger partial charge on any atom is 0.114 e. The smallest absolute Gasteiger partial charge is 0.114 e. The highest BCUT2D eigenvalue weighted by Gasteiger charge is 2.24. The van der Waals surface area contributed by atoms with Gasteiger partial charge in [-0.2, -0.15) is 0 Å². The zero-order valence-electron chi connectivity index (χ0n) is 21.3. The number of hydrogen-bond acceptors (Lipinski definition) is 4. The topological polar surface area (TPSA) is 40.5 Å². The molecule has 0 aliphatic rings. The molecule has 0 radical (unpaired) electrons. The zero-order valence-corrected chi connectivity index (χ0v) is 23.0. The summed E-state index contributed by atoms with van der Waals surface area (Å²) in [5.74, 6) is 0. The van der Waals surface area contributed by atoms with E-state index in [2.05, 4.69) is 91.8 Å². The van der Waals surface area contributed by atoms with Crippen LogP contribution in [0.3, 0.4) is 0 Å². The molecule has 0 aliphatic heterocycles. The van der Waals surface area contributed by atoms with Crippen molar-refractivity contribution in [2.45, 2.75) is 67.6 Å². The second-order valence-electron chi connectivity index (χ2n) is 9.75. The molecule has 4 aromatic rings. The van der Waals surface area contributed by atoms with Crippen LogP contribution in [0.15, 0.2) is 36.4 Å². The van der Waals surface area contributed by atoms with Crippen LogP contribution in [0.5, 0.6) is 0 Å². The fourth-order valence-electron chi connectivity index (χ4n) is 5.26. The second kappa shape index (κ2) is 9.43. The van der Waals surface area contributed by atoms with Crippen molar-refractivity contribution in [3.63, 3.8) is 0 Å².